The molecular formula is C17H14N2O3. The molecule has 0 atom stereocenters. The van der Waals surface area contributed by atoms with E-state index in [-0.39, 0.29) is 5.91 Å². The number of hydrogen-bond donors (Lipinski definition) is 1. The van der Waals surface area contributed by atoms with Gasteiger partial charge in [-0.3, -0.25) is 4.79 Å². The van der Waals surface area contributed by atoms with E-state index in [2.05, 4.69) is 6.07 Å². The Morgan fingerprint density at radius 1 is 1.14 bits per heavy atom. The Hall–Kier alpha value is -2.84. The zero-order chi connectivity index (χ0) is 15.5. The number of aliphatic hydroxyl groups is 1. The first-order chi connectivity index (χ1) is 10.7. The summed E-state index contributed by atoms with van der Waals surface area (Å²) in [7, 11) is 0. The molecule has 1 aliphatic heterocycles. The number of carbonyl (C=O) groups excluding carboxylic acids is 1. The molecule has 0 radical (unpaired) electrons. The number of likely N-dealkylation sites (tertiary alicyclic amines) is 1. The summed E-state index contributed by atoms with van der Waals surface area (Å²) < 4.78 is 5.77. The van der Waals surface area contributed by atoms with E-state index in [1.165, 1.54) is 0 Å². The van der Waals surface area contributed by atoms with Gasteiger partial charge in [-0.1, -0.05) is 24.3 Å². The first kappa shape index (κ1) is 14.1. The second-order valence-corrected chi connectivity index (χ2v) is 5.07. The topological polar surface area (TPSA) is 73.6 Å². The minimum absolute atomic E-state index is 0.185. The summed E-state index contributed by atoms with van der Waals surface area (Å²) in [5.41, 5.74) is 0.825. The largest absolute Gasteiger partial charge is 0.455 e. The van der Waals surface area contributed by atoms with Crippen molar-refractivity contribution >= 4 is 5.91 Å². The minimum atomic E-state index is -0.448. The third-order valence-corrected chi connectivity index (χ3v) is 3.49. The Labute approximate surface area is 128 Å². The van der Waals surface area contributed by atoms with Gasteiger partial charge in [0.05, 0.1) is 17.2 Å². The van der Waals surface area contributed by atoms with Crippen LogP contribution in [0.2, 0.25) is 0 Å². The fourth-order valence-corrected chi connectivity index (χ4v) is 2.29. The van der Waals surface area contributed by atoms with Gasteiger partial charge in [-0.2, -0.15) is 5.26 Å². The number of hydrogen-bond acceptors (Lipinski definition) is 4. The molecule has 1 aliphatic rings. The van der Waals surface area contributed by atoms with Crippen LogP contribution in [0.3, 0.4) is 0 Å². The summed E-state index contributed by atoms with van der Waals surface area (Å²) in [5.74, 6) is 0.626. The monoisotopic (exact) mass is 294 g/mol. The molecule has 0 spiro atoms. The Bertz CT molecular complexity index is 746. The predicted octanol–water partition coefficient (Wildman–Crippen LogP) is 2.17. The van der Waals surface area contributed by atoms with E-state index >= 15 is 0 Å². The first-order valence-corrected chi connectivity index (χ1v) is 6.92. The van der Waals surface area contributed by atoms with Crippen LogP contribution in [0.1, 0.15) is 15.9 Å². The minimum Gasteiger partial charge on any atom is -0.455 e. The van der Waals surface area contributed by atoms with Gasteiger partial charge in [0, 0.05) is 13.1 Å². The summed E-state index contributed by atoms with van der Waals surface area (Å²) in [6.07, 6.45) is -0.448. The molecule has 1 amide bonds. The van der Waals surface area contributed by atoms with E-state index in [1.807, 2.05) is 0 Å². The first-order valence-electron chi connectivity index (χ1n) is 6.92. The van der Waals surface area contributed by atoms with Crippen LogP contribution in [-0.4, -0.2) is 35.1 Å². The van der Waals surface area contributed by atoms with Crippen molar-refractivity contribution in [2.75, 3.05) is 13.1 Å². The molecule has 5 heteroatoms. The molecular weight excluding hydrogens is 280 g/mol. The molecule has 110 valence electrons. The highest BCUT2D eigenvalue weighted by molar-refractivity contribution is 5.97. The van der Waals surface area contributed by atoms with Crippen LogP contribution in [0, 0.1) is 11.3 Å². The van der Waals surface area contributed by atoms with Crippen molar-refractivity contribution in [2.24, 2.45) is 0 Å². The number of carbonyl (C=O) groups is 1. The number of β-amino-alcohol motifs (C(OH)–C–C–N with tert-alkyl or cyclic N) is 1. The van der Waals surface area contributed by atoms with Crippen molar-refractivity contribution in [3.05, 3.63) is 59.7 Å². The summed E-state index contributed by atoms with van der Waals surface area (Å²) in [6.45, 7) is 0.671. The summed E-state index contributed by atoms with van der Waals surface area (Å²) in [6, 6.07) is 15.8. The average Bonchev–Trinajstić information content (AvgIpc) is 2.52. The Kier molecular flexibility index (Phi) is 3.77. The normalized spacial score (nSPS) is 14.1. The van der Waals surface area contributed by atoms with Crippen molar-refractivity contribution < 1.29 is 14.6 Å². The van der Waals surface area contributed by atoms with E-state index in [0.717, 1.165) is 0 Å². The molecule has 1 N–H and O–H groups in total. The van der Waals surface area contributed by atoms with Crippen molar-refractivity contribution in [3.63, 3.8) is 0 Å². The van der Waals surface area contributed by atoms with Gasteiger partial charge in [0.15, 0.2) is 0 Å². The van der Waals surface area contributed by atoms with Crippen molar-refractivity contribution in [1.82, 2.24) is 4.90 Å². The van der Waals surface area contributed by atoms with Crippen LogP contribution in [-0.2, 0) is 0 Å². The summed E-state index contributed by atoms with van der Waals surface area (Å²) >= 11 is 0. The van der Waals surface area contributed by atoms with E-state index in [0.29, 0.717) is 35.7 Å². The molecule has 2 aromatic rings. The molecule has 0 bridgehead atoms. The van der Waals surface area contributed by atoms with Crippen molar-refractivity contribution in [3.8, 4) is 17.6 Å². The number of rotatable bonds is 3. The molecule has 22 heavy (non-hydrogen) atoms. The Morgan fingerprint density at radius 3 is 2.45 bits per heavy atom. The number of benzene rings is 2. The highest BCUT2D eigenvalue weighted by atomic mass is 16.5. The van der Waals surface area contributed by atoms with Crippen LogP contribution >= 0.6 is 0 Å². The highest BCUT2D eigenvalue weighted by Crippen LogP contribution is 2.29. The Morgan fingerprint density at radius 2 is 1.77 bits per heavy atom. The number of nitriles is 1. The van der Waals surface area contributed by atoms with Crippen LogP contribution in [0.5, 0.6) is 11.5 Å². The maximum absolute atomic E-state index is 12.4. The van der Waals surface area contributed by atoms with E-state index in [9.17, 15) is 9.90 Å². The van der Waals surface area contributed by atoms with Gasteiger partial charge in [-0.05, 0) is 24.3 Å². The van der Waals surface area contributed by atoms with Gasteiger partial charge < -0.3 is 14.7 Å². The fourth-order valence-electron chi connectivity index (χ4n) is 2.29. The van der Waals surface area contributed by atoms with Gasteiger partial charge in [-0.25, -0.2) is 0 Å². The number of para-hydroxylation sites is 2. The second kappa shape index (κ2) is 5.88. The van der Waals surface area contributed by atoms with Crippen LogP contribution in [0.25, 0.3) is 0 Å². The predicted molar refractivity (Wildman–Crippen MR) is 79.6 cm³/mol. The van der Waals surface area contributed by atoms with Crippen LogP contribution < -0.4 is 4.74 Å². The van der Waals surface area contributed by atoms with Crippen LogP contribution in [0.4, 0.5) is 0 Å². The zero-order valence-electron chi connectivity index (χ0n) is 11.8. The second-order valence-electron chi connectivity index (χ2n) is 5.07. The van der Waals surface area contributed by atoms with Gasteiger partial charge in [0.1, 0.15) is 17.6 Å². The molecule has 2 aromatic carbocycles. The molecule has 1 saturated heterocycles. The lowest BCUT2D eigenvalue weighted by Gasteiger charge is -2.36. The lowest BCUT2D eigenvalue weighted by molar-refractivity contribution is 0.00574. The quantitative estimate of drug-likeness (QED) is 0.941. The third kappa shape index (κ3) is 2.65. The van der Waals surface area contributed by atoms with Crippen molar-refractivity contribution in [2.45, 2.75) is 6.10 Å². The SMILES string of the molecule is N#Cc1ccccc1Oc1ccccc1C(=O)N1CC(O)C1. The zero-order valence-corrected chi connectivity index (χ0v) is 11.8. The molecule has 0 saturated carbocycles. The van der Waals surface area contributed by atoms with E-state index < -0.39 is 6.10 Å². The molecule has 1 fully saturated rings. The molecule has 0 aliphatic carbocycles. The van der Waals surface area contributed by atoms with E-state index in [4.69, 9.17) is 10.00 Å². The molecule has 1 heterocycles. The maximum Gasteiger partial charge on any atom is 0.257 e. The lowest BCUT2D eigenvalue weighted by Crippen LogP contribution is -2.53. The standard InChI is InChI=1S/C17H14N2O3/c18-9-12-5-1-3-7-15(12)22-16-8-4-2-6-14(16)17(21)19-10-13(20)11-19/h1-8,13,20H,10-11H2. The molecule has 0 aromatic heterocycles. The average molecular weight is 294 g/mol. The van der Waals surface area contributed by atoms with E-state index in [1.54, 1.807) is 53.4 Å². The summed E-state index contributed by atoms with van der Waals surface area (Å²) in [5, 5.41) is 18.4. The smallest absolute Gasteiger partial charge is 0.257 e. The molecule has 3 rings (SSSR count). The highest BCUT2D eigenvalue weighted by Gasteiger charge is 2.30. The number of nitrogens with zero attached hydrogens (tertiary/aromatic N) is 2. The van der Waals surface area contributed by atoms with Crippen molar-refractivity contribution in [1.29, 1.82) is 5.26 Å². The number of ether oxygens (including phenoxy) is 1. The number of amides is 1. The van der Waals surface area contributed by atoms with Crippen LogP contribution in [0.15, 0.2) is 48.5 Å². The van der Waals surface area contributed by atoms with Gasteiger partial charge >= 0.3 is 0 Å². The fraction of sp³-hybridized carbons (Fsp3) is 0.176. The third-order valence-electron chi connectivity index (χ3n) is 3.49. The molecule has 5 nitrogen and oxygen atoms in total. The van der Waals surface area contributed by atoms with Gasteiger partial charge in [-0.15, -0.1) is 0 Å². The Balaban J connectivity index is 1.89. The number of aliphatic hydroxyl groups excluding tert-OH is 1. The lowest BCUT2D eigenvalue weighted by atomic mass is 10.1. The van der Waals surface area contributed by atoms with Gasteiger partial charge in [0.2, 0.25) is 0 Å². The molecule has 0 unspecified atom stereocenters. The summed E-state index contributed by atoms with van der Waals surface area (Å²) in [4.78, 5) is 14.0. The maximum atomic E-state index is 12.4. The van der Waals surface area contributed by atoms with Gasteiger partial charge in [0.25, 0.3) is 5.91 Å².